The molecular weight excluding hydrogens is 958 g/mol. The summed E-state index contributed by atoms with van der Waals surface area (Å²) in [6, 6.07) is 3.97. The smallest absolute Gasteiger partial charge is 0.309 e. The first-order chi connectivity index (χ1) is 33.5. The molecule has 19 nitrogen and oxygen atoms in total. The molecule has 21 heteroatoms. The van der Waals surface area contributed by atoms with Crippen molar-refractivity contribution in [2.24, 2.45) is 23.7 Å². The van der Waals surface area contributed by atoms with Gasteiger partial charge in [0, 0.05) is 57.2 Å². The van der Waals surface area contributed by atoms with Crippen molar-refractivity contribution in [3.8, 4) is 0 Å². The molecule has 3 saturated heterocycles. The standard InChI is InChI=1S/C51H86FN5O14S/c1-15-41-51(11,63)44(59)34(7)56(13)26-30(3)23-49(9,62)46(32(5)42(33(6)47(61)70-41)40-24-50(10,66-14)45(60)35(8)69-40)71-48-43(58)39(22-31(4)68-48)55(12)21-20-36-27-57(54-53-36)37(25-52)28-67-72(64,65)38-18-16-29(2)17-19-38/h16-19,27,30-35,37,39-46,48,58-60,62-63H,15,20-26,28H2,1-14H3/t30-,31-,32+,33-,34-,35+,37-,39+,40-,41-,42?,43-,44-,45+,46-,48+,49-,50-,51-/m1/s1. The number of benzene rings is 1. The highest BCUT2D eigenvalue weighted by molar-refractivity contribution is 7.86. The van der Waals surface area contributed by atoms with E-state index in [0.29, 0.717) is 31.6 Å². The second-order valence-electron chi connectivity index (χ2n) is 22.1. The van der Waals surface area contributed by atoms with Crippen LogP contribution in [-0.4, -0.2) is 196 Å². The van der Waals surface area contributed by atoms with Crippen LogP contribution in [0.5, 0.6) is 0 Å². The number of rotatable bonds is 15. The number of cyclic esters (lactones) is 1. The third-order valence-electron chi connectivity index (χ3n) is 16.0. The Morgan fingerprint density at radius 3 is 2.26 bits per heavy atom. The molecule has 1 unspecified atom stereocenters. The maximum atomic E-state index is 14.6. The lowest BCUT2D eigenvalue weighted by Crippen LogP contribution is -2.62. The molecule has 19 atom stereocenters. The topological polar surface area (TPSA) is 245 Å². The summed E-state index contributed by atoms with van der Waals surface area (Å²) in [5, 5.41) is 68.3. The first-order valence-corrected chi connectivity index (χ1v) is 27.0. The maximum absolute atomic E-state index is 14.6. The van der Waals surface area contributed by atoms with Gasteiger partial charge in [-0.1, -0.05) is 50.6 Å². The fourth-order valence-corrected chi connectivity index (χ4v) is 12.3. The number of esters is 1. The lowest BCUT2D eigenvalue weighted by molar-refractivity contribution is -0.302. The second kappa shape index (κ2) is 24.5. The predicted molar refractivity (Wildman–Crippen MR) is 265 cm³/mol. The fourth-order valence-electron chi connectivity index (χ4n) is 11.4. The highest BCUT2D eigenvalue weighted by Crippen LogP contribution is 2.45. The van der Waals surface area contributed by atoms with Crippen LogP contribution in [0.1, 0.15) is 112 Å². The first kappa shape index (κ1) is 60.1. The summed E-state index contributed by atoms with van der Waals surface area (Å²) >= 11 is 0. The molecule has 3 fully saturated rings. The Morgan fingerprint density at radius 1 is 1.00 bits per heavy atom. The van der Waals surface area contributed by atoms with E-state index in [4.69, 9.17) is 27.9 Å². The number of carbonyl (C=O) groups is 1. The van der Waals surface area contributed by atoms with Gasteiger partial charge in [-0.2, -0.15) is 8.42 Å². The normalized spacial score (nSPS) is 39.8. The third-order valence-corrected chi connectivity index (χ3v) is 17.3. The van der Waals surface area contributed by atoms with Crippen molar-refractivity contribution < 1.29 is 71.0 Å². The van der Waals surface area contributed by atoms with Gasteiger partial charge in [0.1, 0.15) is 42.7 Å². The Morgan fingerprint density at radius 2 is 1.65 bits per heavy atom. The van der Waals surface area contributed by atoms with Crippen molar-refractivity contribution in [3.63, 3.8) is 0 Å². The molecule has 0 radical (unpaired) electrons. The molecule has 0 aliphatic carbocycles. The number of hydrogen-bond donors (Lipinski definition) is 5. The van der Waals surface area contributed by atoms with E-state index >= 15 is 0 Å². The summed E-state index contributed by atoms with van der Waals surface area (Å²) in [5.41, 5.74) is -3.20. The van der Waals surface area contributed by atoms with Crippen molar-refractivity contribution >= 4 is 16.1 Å². The Hall–Kier alpha value is -2.77. The van der Waals surface area contributed by atoms with Crippen LogP contribution in [0.15, 0.2) is 35.4 Å². The molecule has 3 aliphatic heterocycles. The minimum Gasteiger partial charge on any atom is -0.459 e. The maximum Gasteiger partial charge on any atom is 0.309 e. The molecule has 0 saturated carbocycles. The van der Waals surface area contributed by atoms with Gasteiger partial charge in [-0.05, 0) is 106 Å². The van der Waals surface area contributed by atoms with Crippen LogP contribution < -0.4 is 0 Å². The first-order valence-electron chi connectivity index (χ1n) is 25.6. The van der Waals surface area contributed by atoms with Gasteiger partial charge in [-0.3, -0.25) is 8.98 Å². The third kappa shape index (κ3) is 13.8. The molecule has 3 aliphatic rings. The molecule has 1 aromatic heterocycles. The van der Waals surface area contributed by atoms with E-state index in [-0.39, 0.29) is 30.1 Å². The van der Waals surface area contributed by atoms with Gasteiger partial charge in [0.25, 0.3) is 10.1 Å². The van der Waals surface area contributed by atoms with E-state index in [1.807, 2.05) is 51.6 Å². The lowest BCUT2D eigenvalue weighted by Gasteiger charge is -2.51. The molecular formula is C51H86FN5O14S. The summed E-state index contributed by atoms with van der Waals surface area (Å²) in [6.45, 7) is 18.8. The van der Waals surface area contributed by atoms with E-state index < -0.39 is 137 Å². The number of likely N-dealkylation sites (N-methyl/N-ethyl adjacent to an activating group) is 2. The van der Waals surface area contributed by atoms with E-state index in [9.17, 15) is 43.1 Å². The number of aliphatic hydroxyl groups is 5. The molecule has 4 heterocycles. The van der Waals surface area contributed by atoms with Crippen LogP contribution in [0, 0.1) is 30.6 Å². The average Bonchev–Trinajstić information content (AvgIpc) is 3.79. The zero-order valence-electron chi connectivity index (χ0n) is 44.9. The summed E-state index contributed by atoms with van der Waals surface area (Å²) in [7, 11) is 1.02. The minimum absolute atomic E-state index is 0.0420. The van der Waals surface area contributed by atoms with Crippen LogP contribution in [0.4, 0.5) is 4.39 Å². The second-order valence-corrected chi connectivity index (χ2v) is 23.7. The minimum atomic E-state index is -4.15. The van der Waals surface area contributed by atoms with Crippen LogP contribution in [0.25, 0.3) is 0 Å². The van der Waals surface area contributed by atoms with Crippen LogP contribution >= 0.6 is 0 Å². The molecule has 5 N–H and O–H groups in total. The molecule has 2 aromatic rings. The number of halogens is 1. The largest absolute Gasteiger partial charge is 0.459 e. The molecule has 5 rings (SSSR count). The Kier molecular flexibility index (Phi) is 20.4. The summed E-state index contributed by atoms with van der Waals surface area (Å²) in [5.74, 6) is -3.36. The van der Waals surface area contributed by atoms with Gasteiger partial charge in [0.2, 0.25) is 0 Å². The number of aryl methyl sites for hydroxylation is 1. The van der Waals surface area contributed by atoms with Crippen LogP contribution in [0.2, 0.25) is 0 Å². The van der Waals surface area contributed by atoms with Gasteiger partial charge < -0.3 is 59.0 Å². The van der Waals surface area contributed by atoms with Crippen molar-refractivity contribution in [3.05, 3.63) is 41.7 Å². The highest BCUT2D eigenvalue weighted by Gasteiger charge is 2.55. The van der Waals surface area contributed by atoms with Gasteiger partial charge in [-0.25, -0.2) is 9.07 Å². The number of alkyl halides is 1. The zero-order chi connectivity index (χ0) is 53.8. The zero-order valence-corrected chi connectivity index (χ0v) is 45.7. The summed E-state index contributed by atoms with van der Waals surface area (Å²) < 4.78 is 78.4. The Labute approximate surface area is 426 Å². The van der Waals surface area contributed by atoms with Crippen molar-refractivity contribution in [2.45, 2.75) is 203 Å². The number of methoxy groups -OCH3 is 1. The molecule has 1 aromatic carbocycles. The van der Waals surface area contributed by atoms with Gasteiger partial charge in [-0.15, -0.1) is 5.10 Å². The van der Waals surface area contributed by atoms with E-state index in [0.717, 1.165) is 5.56 Å². The quantitative estimate of drug-likeness (QED) is 0.126. The van der Waals surface area contributed by atoms with Crippen LogP contribution in [0.3, 0.4) is 0 Å². The predicted octanol–water partition coefficient (Wildman–Crippen LogP) is 3.60. The molecule has 0 bridgehead atoms. The number of aromatic nitrogens is 3. The van der Waals surface area contributed by atoms with Crippen LogP contribution in [-0.2, 0) is 49.2 Å². The number of nitrogens with zero attached hydrogens (tertiary/aromatic N) is 5. The highest BCUT2D eigenvalue weighted by atomic mass is 32.2. The van der Waals surface area contributed by atoms with Crippen molar-refractivity contribution in [2.75, 3.05) is 47.6 Å². The molecule has 72 heavy (non-hydrogen) atoms. The summed E-state index contributed by atoms with van der Waals surface area (Å²) in [6.07, 6.45) is -6.17. The average molecular weight is 1040 g/mol. The monoisotopic (exact) mass is 1040 g/mol. The SMILES string of the molecule is CC[C@H]1OC(=O)[C@H](C)C([C@H]2C[C@@](C)(OC)[C@@H](O)[C@H](C)O2)[C@H](C)[C@@H](O[C@@H]2O[C@H](C)C[C@H](N(C)CCc3cn([C@H](CF)COS(=O)(=O)c4ccc(C)cc4)nn3)[C@H]2O)[C@](C)(O)C[C@@H](C)CN(C)[C@H](C)[C@@H](O)[C@]1(C)O. The lowest BCUT2D eigenvalue weighted by atomic mass is 9.68. The molecule has 412 valence electrons. The number of carbonyl (C=O) groups excluding carboxylic acids is 1. The number of ether oxygens (including phenoxy) is 5. The van der Waals surface area contributed by atoms with Gasteiger partial charge >= 0.3 is 5.97 Å². The molecule has 0 spiro atoms. The summed E-state index contributed by atoms with van der Waals surface area (Å²) in [4.78, 5) is 18.4. The fraction of sp³-hybridized carbons (Fsp3) is 0.824. The number of hydrogen-bond acceptors (Lipinski definition) is 18. The Balaban J connectivity index is 1.43. The van der Waals surface area contributed by atoms with Crippen molar-refractivity contribution in [1.82, 2.24) is 24.8 Å². The van der Waals surface area contributed by atoms with Crippen molar-refractivity contribution in [1.29, 1.82) is 0 Å². The molecule has 0 amide bonds. The van der Waals surface area contributed by atoms with E-state index in [2.05, 4.69) is 10.3 Å². The Bertz CT molecular complexity index is 2150. The van der Waals surface area contributed by atoms with Gasteiger partial charge in [0.15, 0.2) is 6.29 Å². The number of aliphatic hydroxyl groups excluding tert-OH is 3. The van der Waals surface area contributed by atoms with E-state index in [1.54, 1.807) is 59.9 Å². The van der Waals surface area contributed by atoms with E-state index in [1.165, 1.54) is 30.8 Å². The van der Waals surface area contributed by atoms with Gasteiger partial charge in [0.05, 0.1) is 58.7 Å².